The number of likely N-dealkylation sites (N-methyl/N-ethyl adjacent to an activating group) is 1. The van der Waals surface area contributed by atoms with Crippen LogP contribution in [0, 0.1) is 11.3 Å². The molecule has 0 spiro atoms. The van der Waals surface area contributed by atoms with Gasteiger partial charge >= 0.3 is 0 Å². The SMILES string of the molecule is CCC(C(=N)N)N(C)C1CCCC(C)C1. The van der Waals surface area contributed by atoms with Crippen molar-refractivity contribution < 1.29 is 0 Å². The van der Waals surface area contributed by atoms with Crippen molar-refractivity contribution in [2.24, 2.45) is 11.7 Å². The molecule has 15 heavy (non-hydrogen) atoms. The summed E-state index contributed by atoms with van der Waals surface area (Å²) >= 11 is 0. The van der Waals surface area contributed by atoms with Crippen molar-refractivity contribution in [3.8, 4) is 0 Å². The maximum absolute atomic E-state index is 7.59. The van der Waals surface area contributed by atoms with Crippen molar-refractivity contribution in [2.75, 3.05) is 7.05 Å². The predicted molar refractivity (Wildman–Crippen MR) is 65.2 cm³/mol. The molecule has 0 aromatic carbocycles. The molecule has 3 atom stereocenters. The van der Waals surface area contributed by atoms with E-state index in [4.69, 9.17) is 11.1 Å². The van der Waals surface area contributed by atoms with Crippen molar-refractivity contribution >= 4 is 5.84 Å². The van der Waals surface area contributed by atoms with Gasteiger partial charge in [-0.15, -0.1) is 0 Å². The van der Waals surface area contributed by atoms with Crippen LogP contribution in [-0.2, 0) is 0 Å². The minimum absolute atomic E-state index is 0.139. The molecule has 1 aliphatic rings. The largest absolute Gasteiger partial charge is 0.386 e. The average Bonchev–Trinajstić information content (AvgIpc) is 2.18. The summed E-state index contributed by atoms with van der Waals surface area (Å²) in [5.41, 5.74) is 5.63. The molecule has 0 aromatic heterocycles. The van der Waals surface area contributed by atoms with E-state index < -0.39 is 0 Å². The van der Waals surface area contributed by atoms with Gasteiger partial charge in [0.05, 0.1) is 6.04 Å². The van der Waals surface area contributed by atoms with Gasteiger partial charge in [0.15, 0.2) is 0 Å². The lowest BCUT2D eigenvalue weighted by atomic mass is 9.85. The second-order valence-corrected chi connectivity index (χ2v) is 4.97. The first-order chi connectivity index (χ1) is 7.06. The monoisotopic (exact) mass is 211 g/mol. The topological polar surface area (TPSA) is 53.1 Å². The summed E-state index contributed by atoms with van der Waals surface area (Å²) in [7, 11) is 2.12. The Bertz CT molecular complexity index is 215. The van der Waals surface area contributed by atoms with Gasteiger partial charge in [-0.25, -0.2) is 0 Å². The molecule has 3 heteroatoms. The Morgan fingerprint density at radius 2 is 2.20 bits per heavy atom. The molecule has 0 saturated heterocycles. The molecule has 0 bridgehead atoms. The Morgan fingerprint density at radius 3 is 2.67 bits per heavy atom. The third-order valence-corrected chi connectivity index (χ3v) is 3.72. The number of nitrogens with one attached hydrogen (secondary N) is 1. The Morgan fingerprint density at radius 1 is 1.53 bits per heavy atom. The molecule has 0 aromatic rings. The van der Waals surface area contributed by atoms with E-state index in [1.807, 2.05) is 0 Å². The van der Waals surface area contributed by atoms with Gasteiger partial charge in [-0.2, -0.15) is 0 Å². The van der Waals surface area contributed by atoms with Crippen LogP contribution in [0.5, 0.6) is 0 Å². The third kappa shape index (κ3) is 3.20. The molecular formula is C12H25N3. The Labute approximate surface area is 93.5 Å². The van der Waals surface area contributed by atoms with Gasteiger partial charge in [0.1, 0.15) is 5.84 Å². The van der Waals surface area contributed by atoms with Gasteiger partial charge in [-0.3, -0.25) is 10.3 Å². The fourth-order valence-electron chi connectivity index (χ4n) is 2.75. The number of hydrogen-bond donors (Lipinski definition) is 2. The summed E-state index contributed by atoms with van der Waals surface area (Å²) in [6.07, 6.45) is 6.16. The summed E-state index contributed by atoms with van der Waals surface area (Å²) in [6, 6.07) is 0.767. The molecule has 1 fully saturated rings. The number of amidine groups is 1. The minimum Gasteiger partial charge on any atom is -0.386 e. The van der Waals surface area contributed by atoms with Gasteiger partial charge in [-0.05, 0) is 32.2 Å². The zero-order valence-corrected chi connectivity index (χ0v) is 10.3. The zero-order valence-electron chi connectivity index (χ0n) is 10.3. The van der Waals surface area contributed by atoms with Crippen molar-refractivity contribution in [3.63, 3.8) is 0 Å². The standard InChI is InChI=1S/C12H25N3/c1-4-11(12(13)14)15(3)10-7-5-6-9(2)8-10/h9-11H,4-8H2,1-3H3,(H3,13,14). The second kappa shape index (κ2) is 5.50. The summed E-state index contributed by atoms with van der Waals surface area (Å²) in [4.78, 5) is 2.32. The van der Waals surface area contributed by atoms with Crippen LogP contribution in [0.1, 0.15) is 46.0 Å². The quantitative estimate of drug-likeness (QED) is 0.553. The molecule has 0 heterocycles. The number of rotatable bonds is 4. The number of nitrogens with two attached hydrogens (primary N) is 1. The second-order valence-electron chi connectivity index (χ2n) is 4.97. The molecule has 1 rings (SSSR count). The van der Waals surface area contributed by atoms with E-state index in [-0.39, 0.29) is 6.04 Å². The zero-order chi connectivity index (χ0) is 11.4. The van der Waals surface area contributed by atoms with E-state index in [1.54, 1.807) is 0 Å². The van der Waals surface area contributed by atoms with E-state index in [0.717, 1.165) is 12.3 Å². The van der Waals surface area contributed by atoms with Gasteiger partial charge in [0.2, 0.25) is 0 Å². The van der Waals surface area contributed by atoms with Crippen molar-refractivity contribution in [3.05, 3.63) is 0 Å². The van der Waals surface area contributed by atoms with E-state index in [9.17, 15) is 0 Å². The highest BCUT2D eigenvalue weighted by molar-refractivity contribution is 5.82. The Balaban J connectivity index is 2.57. The highest BCUT2D eigenvalue weighted by atomic mass is 15.2. The van der Waals surface area contributed by atoms with E-state index >= 15 is 0 Å². The molecule has 88 valence electrons. The number of nitrogens with zero attached hydrogens (tertiary/aromatic N) is 1. The van der Waals surface area contributed by atoms with E-state index in [1.165, 1.54) is 25.7 Å². The minimum atomic E-state index is 0.139. The highest BCUT2D eigenvalue weighted by Crippen LogP contribution is 2.27. The average molecular weight is 211 g/mol. The first-order valence-corrected chi connectivity index (χ1v) is 6.12. The normalized spacial score (nSPS) is 29.1. The molecule has 0 aliphatic heterocycles. The van der Waals surface area contributed by atoms with Crippen molar-refractivity contribution in [1.29, 1.82) is 5.41 Å². The third-order valence-electron chi connectivity index (χ3n) is 3.72. The lowest BCUT2D eigenvalue weighted by Crippen LogP contribution is -2.48. The van der Waals surface area contributed by atoms with Crippen LogP contribution in [0.2, 0.25) is 0 Å². The molecule has 1 saturated carbocycles. The van der Waals surface area contributed by atoms with Crippen LogP contribution >= 0.6 is 0 Å². The lowest BCUT2D eigenvalue weighted by molar-refractivity contribution is 0.142. The van der Waals surface area contributed by atoms with Crippen LogP contribution in [-0.4, -0.2) is 29.9 Å². The molecule has 3 unspecified atom stereocenters. The van der Waals surface area contributed by atoms with Crippen molar-refractivity contribution in [2.45, 2.75) is 58.0 Å². The highest BCUT2D eigenvalue weighted by Gasteiger charge is 2.27. The Hall–Kier alpha value is -0.570. The summed E-state index contributed by atoms with van der Waals surface area (Å²) in [5, 5.41) is 7.59. The van der Waals surface area contributed by atoms with Gasteiger partial charge in [0.25, 0.3) is 0 Å². The summed E-state index contributed by atoms with van der Waals surface area (Å²) in [6.45, 7) is 4.43. The van der Waals surface area contributed by atoms with Crippen LogP contribution in [0.3, 0.4) is 0 Å². The smallest absolute Gasteiger partial charge is 0.108 e. The first kappa shape index (κ1) is 12.5. The molecular weight excluding hydrogens is 186 g/mol. The van der Waals surface area contributed by atoms with Gasteiger partial charge < -0.3 is 5.73 Å². The lowest BCUT2D eigenvalue weighted by Gasteiger charge is -2.38. The number of hydrogen-bond acceptors (Lipinski definition) is 2. The van der Waals surface area contributed by atoms with Crippen LogP contribution in [0.25, 0.3) is 0 Å². The van der Waals surface area contributed by atoms with E-state index in [2.05, 4.69) is 25.8 Å². The van der Waals surface area contributed by atoms with E-state index in [0.29, 0.717) is 11.9 Å². The Kier molecular flexibility index (Phi) is 4.58. The maximum Gasteiger partial charge on any atom is 0.108 e. The first-order valence-electron chi connectivity index (χ1n) is 6.12. The molecule has 3 nitrogen and oxygen atoms in total. The van der Waals surface area contributed by atoms with Crippen LogP contribution in [0.15, 0.2) is 0 Å². The fourth-order valence-corrected chi connectivity index (χ4v) is 2.75. The van der Waals surface area contributed by atoms with Crippen LogP contribution in [0.4, 0.5) is 0 Å². The fraction of sp³-hybridized carbons (Fsp3) is 0.917. The molecule has 1 aliphatic carbocycles. The van der Waals surface area contributed by atoms with Crippen LogP contribution < -0.4 is 5.73 Å². The molecule has 3 N–H and O–H groups in total. The molecule has 0 radical (unpaired) electrons. The molecule has 0 amide bonds. The predicted octanol–water partition coefficient (Wildman–Crippen LogP) is 2.21. The van der Waals surface area contributed by atoms with Gasteiger partial charge in [-0.1, -0.05) is 26.7 Å². The van der Waals surface area contributed by atoms with Crippen molar-refractivity contribution in [1.82, 2.24) is 4.90 Å². The summed E-state index contributed by atoms with van der Waals surface area (Å²) in [5.74, 6) is 1.15. The summed E-state index contributed by atoms with van der Waals surface area (Å²) < 4.78 is 0. The van der Waals surface area contributed by atoms with Gasteiger partial charge in [0, 0.05) is 6.04 Å². The maximum atomic E-state index is 7.59.